The normalized spacial score (nSPS) is 11.2. The van der Waals surface area contributed by atoms with Crippen LogP contribution in [0.1, 0.15) is 5.56 Å². The molecular formula is C59H38N4. The molecule has 9 aromatic carbocycles. The molecule has 0 saturated carbocycles. The smallest absolute Gasteiger partial charge is 0.161 e. The molecule has 0 fully saturated rings. The number of hydrogen-bond donors (Lipinski definition) is 0. The van der Waals surface area contributed by atoms with Gasteiger partial charge in [-0.15, -0.1) is 0 Å². The molecule has 0 N–H and O–H groups in total. The fraction of sp³-hybridized carbons (Fsp3) is 0. The van der Waals surface area contributed by atoms with Crippen LogP contribution >= 0.6 is 0 Å². The molecule has 2 aromatic heterocycles. The van der Waals surface area contributed by atoms with E-state index in [4.69, 9.17) is 9.97 Å². The average Bonchev–Trinajstić information content (AvgIpc) is 3.70. The van der Waals surface area contributed by atoms with Crippen LogP contribution in [0.4, 0.5) is 0 Å². The Labute approximate surface area is 366 Å². The van der Waals surface area contributed by atoms with Crippen molar-refractivity contribution in [1.29, 1.82) is 5.26 Å². The van der Waals surface area contributed by atoms with E-state index >= 15 is 0 Å². The van der Waals surface area contributed by atoms with Gasteiger partial charge in [0.1, 0.15) is 11.6 Å². The molecule has 0 saturated heterocycles. The largest absolute Gasteiger partial charge is 0.309 e. The molecule has 11 rings (SSSR count). The maximum atomic E-state index is 10.8. The van der Waals surface area contributed by atoms with Crippen molar-refractivity contribution in [2.75, 3.05) is 0 Å². The van der Waals surface area contributed by atoms with Gasteiger partial charge in [0.15, 0.2) is 5.82 Å². The van der Waals surface area contributed by atoms with Crippen LogP contribution in [0.2, 0.25) is 0 Å². The van der Waals surface area contributed by atoms with Crippen molar-refractivity contribution in [3.8, 4) is 90.2 Å². The van der Waals surface area contributed by atoms with Crippen LogP contribution in [0.15, 0.2) is 231 Å². The van der Waals surface area contributed by atoms with E-state index in [1.165, 1.54) is 11.1 Å². The van der Waals surface area contributed by atoms with Crippen molar-refractivity contribution in [1.82, 2.24) is 14.5 Å². The number of aromatic nitrogens is 3. The summed E-state index contributed by atoms with van der Waals surface area (Å²) in [6.45, 7) is 0. The van der Waals surface area contributed by atoms with Crippen LogP contribution < -0.4 is 0 Å². The van der Waals surface area contributed by atoms with E-state index in [0.29, 0.717) is 22.8 Å². The Morgan fingerprint density at radius 2 is 0.730 bits per heavy atom. The van der Waals surface area contributed by atoms with Gasteiger partial charge in [0.05, 0.1) is 28.1 Å². The Hall–Kier alpha value is -8.65. The lowest BCUT2D eigenvalue weighted by Crippen LogP contribution is -2.05. The van der Waals surface area contributed by atoms with E-state index in [9.17, 15) is 5.26 Å². The molecule has 0 aliphatic carbocycles. The summed E-state index contributed by atoms with van der Waals surface area (Å²) in [6, 6.07) is 82.9. The molecule has 0 amide bonds. The fourth-order valence-electron chi connectivity index (χ4n) is 8.89. The third-order valence-electron chi connectivity index (χ3n) is 11.9. The Bertz CT molecular complexity index is 3310. The second-order valence-corrected chi connectivity index (χ2v) is 15.6. The predicted molar refractivity (Wildman–Crippen MR) is 259 cm³/mol. The lowest BCUT2D eigenvalue weighted by molar-refractivity contribution is 1.15. The maximum Gasteiger partial charge on any atom is 0.161 e. The van der Waals surface area contributed by atoms with E-state index in [2.05, 4.69) is 174 Å². The monoisotopic (exact) mass is 802 g/mol. The van der Waals surface area contributed by atoms with Crippen molar-refractivity contribution < 1.29 is 0 Å². The molecule has 0 radical (unpaired) electrons. The predicted octanol–water partition coefficient (Wildman–Crippen LogP) is 15.1. The van der Waals surface area contributed by atoms with Gasteiger partial charge in [-0.2, -0.15) is 5.26 Å². The SMILES string of the molecule is N#Cc1c(-c2ccccc2)nc(-c2cc(-c3ccccc3)cc(-n3c4ccc(-c5ccccc5)cc4c4cc(-c5ccccc5)ccc43)c2-c2ccccc2)nc1-c1ccccc1. The minimum atomic E-state index is 0.433. The summed E-state index contributed by atoms with van der Waals surface area (Å²) in [5.74, 6) is 0.531. The van der Waals surface area contributed by atoms with E-state index in [0.717, 1.165) is 77.6 Å². The molecule has 11 aromatic rings. The molecule has 0 spiro atoms. The van der Waals surface area contributed by atoms with Gasteiger partial charge in [0, 0.05) is 33.0 Å². The lowest BCUT2D eigenvalue weighted by atomic mass is 9.91. The molecule has 294 valence electrons. The molecule has 0 aliphatic rings. The zero-order chi connectivity index (χ0) is 42.1. The number of hydrogen-bond acceptors (Lipinski definition) is 3. The minimum absolute atomic E-state index is 0.433. The summed E-state index contributed by atoms with van der Waals surface area (Å²) in [7, 11) is 0. The Morgan fingerprint density at radius 3 is 1.14 bits per heavy atom. The molecule has 0 bridgehead atoms. The first-order valence-electron chi connectivity index (χ1n) is 21.1. The number of nitrogens with zero attached hydrogens (tertiary/aromatic N) is 4. The summed E-state index contributed by atoms with van der Waals surface area (Å²) in [4.78, 5) is 10.8. The van der Waals surface area contributed by atoms with Gasteiger partial charge >= 0.3 is 0 Å². The summed E-state index contributed by atoms with van der Waals surface area (Å²) in [5, 5.41) is 13.1. The average molecular weight is 803 g/mol. The van der Waals surface area contributed by atoms with Crippen LogP contribution in [0.5, 0.6) is 0 Å². The third kappa shape index (κ3) is 6.85. The molecule has 4 nitrogen and oxygen atoms in total. The lowest BCUT2D eigenvalue weighted by Gasteiger charge is -2.21. The van der Waals surface area contributed by atoms with Crippen molar-refractivity contribution in [2.45, 2.75) is 0 Å². The first kappa shape index (κ1) is 37.4. The first-order chi connectivity index (χ1) is 31.2. The summed E-state index contributed by atoms with van der Waals surface area (Å²) in [5.41, 5.74) is 16.1. The second kappa shape index (κ2) is 16.1. The van der Waals surface area contributed by atoms with E-state index in [1.807, 2.05) is 66.7 Å². The highest BCUT2D eigenvalue weighted by molar-refractivity contribution is 6.12. The number of rotatable bonds is 8. The highest BCUT2D eigenvalue weighted by Gasteiger charge is 2.25. The van der Waals surface area contributed by atoms with E-state index in [1.54, 1.807) is 0 Å². The Kier molecular flexibility index (Phi) is 9.54. The molecule has 4 heteroatoms. The van der Waals surface area contributed by atoms with Gasteiger partial charge in [-0.05, 0) is 75.3 Å². The molecule has 0 unspecified atom stereocenters. The van der Waals surface area contributed by atoms with Crippen LogP contribution in [0, 0.1) is 11.3 Å². The zero-order valence-electron chi connectivity index (χ0n) is 34.2. The maximum absolute atomic E-state index is 10.8. The number of benzene rings is 9. The highest BCUT2D eigenvalue weighted by atomic mass is 15.0. The van der Waals surface area contributed by atoms with Crippen molar-refractivity contribution in [3.05, 3.63) is 236 Å². The van der Waals surface area contributed by atoms with Gasteiger partial charge in [-0.3, -0.25) is 0 Å². The third-order valence-corrected chi connectivity index (χ3v) is 11.9. The molecule has 63 heavy (non-hydrogen) atoms. The molecule has 0 aliphatic heterocycles. The second-order valence-electron chi connectivity index (χ2n) is 15.6. The van der Waals surface area contributed by atoms with Crippen molar-refractivity contribution in [2.24, 2.45) is 0 Å². The van der Waals surface area contributed by atoms with Crippen LogP contribution in [-0.2, 0) is 0 Å². The highest BCUT2D eigenvalue weighted by Crippen LogP contribution is 2.45. The zero-order valence-corrected chi connectivity index (χ0v) is 34.2. The standard InChI is InChI=1S/C59H38N4/c60-39-52-57(44-27-15-5-16-28-44)61-59(62-58(52)45-29-17-6-18-30-45)51-37-48(42-23-11-3-12-24-42)38-55(56(51)43-25-13-4-14-26-43)63-53-33-31-46(40-19-7-1-8-20-40)35-49(53)50-36-47(32-34-54(50)63)41-21-9-2-10-22-41/h1-38H. The number of fused-ring (bicyclic) bond motifs is 3. The van der Waals surface area contributed by atoms with Crippen LogP contribution in [0.3, 0.4) is 0 Å². The number of nitriles is 1. The fourth-order valence-corrected chi connectivity index (χ4v) is 8.89. The quantitative estimate of drug-likeness (QED) is 0.154. The van der Waals surface area contributed by atoms with Gasteiger partial charge in [-0.1, -0.05) is 194 Å². The Balaban J connectivity index is 1.28. The molecule has 0 atom stereocenters. The Morgan fingerprint density at radius 1 is 0.349 bits per heavy atom. The molecular weight excluding hydrogens is 765 g/mol. The van der Waals surface area contributed by atoms with Crippen molar-refractivity contribution in [3.63, 3.8) is 0 Å². The summed E-state index contributed by atoms with van der Waals surface area (Å²) < 4.78 is 2.42. The summed E-state index contributed by atoms with van der Waals surface area (Å²) in [6.07, 6.45) is 0. The van der Waals surface area contributed by atoms with Gasteiger partial charge in [0.2, 0.25) is 0 Å². The van der Waals surface area contributed by atoms with E-state index in [-0.39, 0.29) is 0 Å². The minimum Gasteiger partial charge on any atom is -0.309 e. The van der Waals surface area contributed by atoms with Gasteiger partial charge < -0.3 is 4.57 Å². The van der Waals surface area contributed by atoms with Crippen molar-refractivity contribution >= 4 is 21.8 Å². The summed E-state index contributed by atoms with van der Waals surface area (Å²) >= 11 is 0. The van der Waals surface area contributed by atoms with Crippen LogP contribution in [-0.4, -0.2) is 14.5 Å². The van der Waals surface area contributed by atoms with Crippen LogP contribution in [0.25, 0.3) is 106 Å². The molecule has 2 heterocycles. The first-order valence-corrected chi connectivity index (χ1v) is 21.1. The topological polar surface area (TPSA) is 54.5 Å². The van der Waals surface area contributed by atoms with E-state index < -0.39 is 0 Å². The van der Waals surface area contributed by atoms with Gasteiger partial charge in [-0.25, -0.2) is 9.97 Å². The van der Waals surface area contributed by atoms with Gasteiger partial charge in [0.25, 0.3) is 0 Å².